The number of alkyl halides is 3. The summed E-state index contributed by atoms with van der Waals surface area (Å²) in [4.78, 5) is 2.92. The maximum absolute atomic E-state index is 12.2. The molecule has 1 rings (SSSR count). The van der Waals surface area contributed by atoms with Gasteiger partial charge in [-0.05, 0) is 32.9 Å². The van der Waals surface area contributed by atoms with Crippen LogP contribution in [0.1, 0.15) is 26.5 Å². The molecular weight excluding hydrogens is 255 g/mol. The number of hydrogen-bond donors (Lipinski definition) is 0. The van der Waals surface area contributed by atoms with Gasteiger partial charge in [-0.2, -0.15) is 13.2 Å². The van der Waals surface area contributed by atoms with E-state index in [0.717, 1.165) is 12.3 Å². The molecule has 0 aliphatic rings. The molecule has 0 spiro atoms. The average molecular weight is 267 g/mol. The number of aromatic nitrogens is 1. The molecular formula is C10H12F3NO2S. The molecule has 0 saturated carbocycles. The Kier molecular flexibility index (Phi) is 3.26. The SMILES string of the molecule is CC(C)(C)S(=O)(=O)c1ccc(C(F)(F)F)nc1. The van der Waals surface area contributed by atoms with Gasteiger partial charge in [0.15, 0.2) is 9.84 Å². The van der Waals surface area contributed by atoms with Crippen molar-refractivity contribution in [2.75, 3.05) is 0 Å². The van der Waals surface area contributed by atoms with Gasteiger partial charge in [0.1, 0.15) is 5.69 Å². The summed E-state index contributed by atoms with van der Waals surface area (Å²) in [7, 11) is -3.67. The molecule has 0 saturated heterocycles. The van der Waals surface area contributed by atoms with Crippen LogP contribution in [0, 0.1) is 0 Å². The summed E-state index contributed by atoms with van der Waals surface area (Å²) in [6.45, 7) is 4.42. The second-order valence-corrected chi connectivity index (χ2v) is 7.20. The van der Waals surface area contributed by atoms with E-state index < -0.39 is 26.5 Å². The van der Waals surface area contributed by atoms with Crippen molar-refractivity contribution in [3.8, 4) is 0 Å². The molecule has 0 fully saturated rings. The second-order valence-electron chi connectivity index (χ2n) is 4.49. The Morgan fingerprint density at radius 3 is 1.94 bits per heavy atom. The highest BCUT2D eigenvalue weighted by Crippen LogP contribution is 2.29. The monoisotopic (exact) mass is 267 g/mol. The lowest BCUT2D eigenvalue weighted by atomic mass is 10.3. The van der Waals surface area contributed by atoms with Crippen LogP contribution in [-0.4, -0.2) is 18.1 Å². The standard InChI is InChI=1S/C10H12F3NO2S/c1-9(2,3)17(15,16)7-4-5-8(14-6-7)10(11,12)13/h4-6H,1-3H3. The summed E-state index contributed by atoms with van der Waals surface area (Å²) in [5.74, 6) is 0. The molecule has 0 unspecified atom stereocenters. The predicted molar refractivity (Wildman–Crippen MR) is 56.2 cm³/mol. The Morgan fingerprint density at radius 2 is 1.65 bits per heavy atom. The van der Waals surface area contributed by atoms with E-state index in [1.165, 1.54) is 20.8 Å². The van der Waals surface area contributed by atoms with E-state index in [2.05, 4.69) is 4.98 Å². The van der Waals surface area contributed by atoms with E-state index in [0.29, 0.717) is 6.07 Å². The summed E-state index contributed by atoms with van der Waals surface area (Å²) < 4.78 is 59.4. The van der Waals surface area contributed by atoms with Crippen molar-refractivity contribution >= 4 is 9.84 Å². The number of rotatable bonds is 1. The van der Waals surface area contributed by atoms with E-state index in [9.17, 15) is 21.6 Å². The minimum Gasteiger partial charge on any atom is -0.250 e. The maximum Gasteiger partial charge on any atom is 0.433 e. The Labute approximate surface area is 97.6 Å². The van der Waals surface area contributed by atoms with Gasteiger partial charge < -0.3 is 0 Å². The van der Waals surface area contributed by atoms with Crippen molar-refractivity contribution in [2.24, 2.45) is 0 Å². The van der Waals surface area contributed by atoms with Crippen LogP contribution in [-0.2, 0) is 16.0 Å². The quantitative estimate of drug-likeness (QED) is 0.786. The van der Waals surface area contributed by atoms with Crippen molar-refractivity contribution in [2.45, 2.75) is 36.6 Å². The molecule has 17 heavy (non-hydrogen) atoms. The van der Waals surface area contributed by atoms with Crippen molar-refractivity contribution in [1.82, 2.24) is 4.98 Å². The molecule has 3 nitrogen and oxygen atoms in total. The summed E-state index contributed by atoms with van der Waals surface area (Å²) in [6, 6.07) is 1.59. The van der Waals surface area contributed by atoms with Crippen molar-refractivity contribution in [1.29, 1.82) is 0 Å². The Morgan fingerprint density at radius 1 is 1.12 bits per heavy atom. The van der Waals surface area contributed by atoms with Gasteiger partial charge in [-0.3, -0.25) is 4.98 Å². The Balaban J connectivity index is 3.22. The van der Waals surface area contributed by atoms with Crippen LogP contribution in [0.5, 0.6) is 0 Å². The number of nitrogens with zero attached hydrogens (tertiary/aromatic N) is 1. The third-order valence-corrected chi connectivity index (χ3v) is 4.62. The van der Waals surface area contributed by atoms with Gasteiger partial charge in [-0.1, -0.05) is 0 Å². The first-order chi connectivity index (χ1) is 7.46. The van der Waals surface area contributed by atoms with E-state index in [1.807, 2.05) is 0 Å². The molecule has 0 N–H and O–H groups in total. The molecule has 0 bridgehead atoms. The summed E-state index contributed by atoms with van der Waals surface area (Å²) in [5.41, 5.74) is -1.11. The maximum atomic E-state index is 12.2. The zero-order chi connectivity index (χ0) is 13.5. The minimum absolute atomic E-state index is 0.210. The van der Waals surface area contributed by atoms with Gasteiger partial charge in [0.25, 0.3) is 0 Å². The number of halogens is 3. The fraction of sp³-hybridized carbons (Fsp3) is 0.500. The van der Waals surface area contributed by atoms with Crippen LogP contribution < -0.4 is 0 Å². The molecule has 1 aromatic rings. The summed E-state index contributed by atoms with van der Waals surface area (Å²) >= 11 is 0. The molecule has 0 radical (unpaired) electrons. The third-order valence-electron chi connectivity index (χ3n) is 2.14. The number of sulfone groups is 1. The Bertz CT molecular complexity index is 498. The molecule has 1 heterocycles. The van der Waals surface area contributed by atoms with Gasteiger partial charge in [0.05, 0.1) is 9.64 Å². The lowest BCUT2D eigenvalue weighted by molar-refractivity contribution is -0.141. The van der Waals surface area contributed by atoms with E-state index in [1.54, 1.807) is 0 Å². The molecule has 0 aliphatic carbocycles. The fourth-order valence-electron chi connectivity index (χ4n) is 1.06. The zero-order valence-corrected chi connectivity index (χ0v) is 10.4. The highest BCUT2D eigenvalue weighted by molar-refractivity contribution is 7.92. The lowest BCUT2D eigenvalue weighted by Gasteiger charge is -2.19. The highest BCUT2D eigenvalue weighted by atomic mass is 32.2. The lowest BCUT2D eigenvalue weighted by Crippen LogP contribution is -2.28. The van der Waals surface area contributed by atoms with E-state index in [-0.39, 0.29) is 4.90 Å². The van der Waals surface area contributed by atoms with E-state index >= 15 is 0 Å². The van der Waals surface area contributed by atoms with Crippen molar-refractivity contribution in [3.05, 3.63) is 24.0 Å². The van der Waals surface area contributed by atoms with Gasteiger partial charge in [-0.15, -0.1) is 0 Å². The molecule has 0 aliphatic heterocycles. The van der Waals surface area contributed by atoms with Crippen LogP contribution in [0.2, 0.25) is 0 Å². The van der Waals surface area contributed by atoms with Gasteiger partial charge in [0, 0.05) is 6.20 Å². The number of pyridine rings is 1. The molecule has 0 amide bonds. The summed E-state index contributed by atoms with van der Waals surface area (Å²) in [6.07, 6.45) is -3.83. The smallest absolute Gasteiger partial charge is 0.250 e. The van der Waals surface area contributed by atoms with Crippen LogP contribution in [0.15, 0.2) is 23.2 Å². The van der Waals surface area contributed by atoms with Crippen LogP contribution in [0.4, 0.5) is 13.2 Å². The fourth-order valence-corrected chi connectivity index (χ4v) is 2.21. The average Bonchev–Trinajstić information content (AvgIpc) is 2.15. The zero-order valence-electron chi connectivity index (χ0n) is 9.54. The van der Waals surface area contributed by atoms with Gasteiger partial charge >= 0.3 is 6.18 Å². The van der Waals surface area contributed by atoms with Gasteiger partial charge in [0.2, 0.25) is 0 Å². The third kappa shape index (κ3) is 2.77. The van der Waals surface area contributed by atoms with Crippen molar-refractivity contribution < 1.29 is 21.6 Å². The normalized spacial score (nSPS) is 13.8. The molecule has 96 valence electrons. The molecule has 1 aromatic heterocycles. The minimum atomic E-state index is -4.57. The first-order valence-electron chi connectivity index (χ1n) is 4.74. The number of hydrogen-bond acceptors (Lipinski definition) is 3. The van der Waals surface area contributed by atoms with Gasteiger partial charge in [-0.25, -0.2) is 8.42 Å². The second kappa shape index (κ2) is 3.97. The Hall–Kier alpha value is -1.11. The topological polar surface area (TPSA) is 47.0 Å². The van der Waals surface area contributed by atoms with E-state index in [4.69, 9.17) is 0 Å². The molecule has 7 heteroatoms. The molecule has 0 aromatic carbocycles. The largest absolute Gasteiger partial charge is 0.433 e. The first-order valence-corrected chi connectivity index (χ1v) is 6.22. The highest BCUT2D eigenvalue weighted by Gasteiger charge is 2.35. The first kappa shape index (κ1) is 14.0. The summed E-state index contributed by atoms with van der Waals surface area (Å²) in [5, 5.41) is 0. The van der Waals surface area contributed by atoms with Crippen LogP contribution >= 0.6 is 0 Å². The predicted octanol–water partition coefficient (Wildman–Crippen LogP) is 2.67. The van der Waals surface area contributed by atoms with Crippen LogP contribution in [0.3, 0.4) is 0 Å². The van der Waals surface area contributed by atoms with Crippen molar-refractivity contribution in [3.63, 3.8) is 0 Å². The molecule has 0 atom stereocenters. The van der Waals surface area contributed by atoms with Crippen LogP contribution in [0.25, 0.3) is 0 Å².